The van der Waals surface area contributed by atoms with Crippen molar-refractivity contribution in [1.29, 1.82) is 0 Å². The summed E-state index contributed by atoms with van der Waals surface area (Å²) in [6.07, 6.45) is 4.60. The molecule has 0 saturated heterocycles. The minimum atomic E-state index is -0.636. The maximum atomic E-state index is 9.31. The second-order valence-electron chi connectivity index (χ2n) is 5.06. The second-order valence-corrected chi connectivity index (χ2v) is 5.06. The molecule has 16 heavy (non-hydrogen) atoms. The van der Waals surface area contributed by atoms with E-state index in [1.54, 1.807) is 0 Å². The Bertz CT molecular complexity index is 230. The first-order valence-electron chi connectivity index (χ1n) is 6.37. The van der Waals surface area contributed by atoms with Gasteiger partial charge in [-0.15, -0.1) is 0 Å². The third-order valence-electron chi connectivity index (χ3n) is 4.25. The van der Waals surface area contributed by atoms with Crippen LogP contribution in [0, 0.1) is 5.41 Å². The SMILES string of the molecule is CCOC1CC(NCC(O)CO)C12CCC2. The highest BCUT2D eigenvalue weighted by atomic mass is 16.5. The van der Waals surface area contributed by atoms with Gasteiger partial charge in [0, 0.05) is 24.6 Å². The van der Waals surface area contributed by atoms with Crippen molar-refractivity contribution in [3.05, 3.63) is 0 Å². The van der Waals surface area contributed by atoms with Gasteiger partial charge >= 0.3 is 0 Å². The smallest absolute Gasteiger partial charge is 0.0895 e. The monoisotopic (exact) mass is 229 g/mol. The Morgan fingerprint density at radius 1 is 1.50 bits per heavy atom. The summed E-state index contributed by atoms with van der Waals surface area (Å²) in [6, 6.07) is 0.471. The van der Waals surface area contributed by atoms with Crippen LogP contribution in [-0.4, -0.2) is 48.2 Å². The van der Waals surface area contributed by atoms with Crippen LogP contribution in [0.3, 0.4) is 0 Å². The molecule has 0 aromatic carbocycles. The van der Waals surface area contributed by atoms with Gasteiger partial charge in [0.1, 0.15) is 0 Å². The molecular formula is C12H23NO3. The molecule has 0 aromatic heterocycles. The minimum absolute atomic E-state index is 0.165. The molecule has 2 rings (SSSR count). The summed E-state index contributed by atoms with van der Waals surface area (Å²) in [5.74, 6) is 0. The number of nitrogens with one attached hydrogen (secondary N) is 1. The summed E-state index contributed by atoms with van der Waals surface area (Å²) < 4.78 is 5.75. The normalized spacial score (nSPS) is 33.2. The van der Waals surface area contributed by atoms with E-state index in [4.69, 9.17) is 9.84 Å². The number of aliphatic hydroxyl groups is 2. The van der Waals surface area contributed by atoms with Crippen LogP contribution < -0.4 is 5.32 Å². The van der Waals surface area contributed by atoms with Gasteiger partial charge in [0.15, 0.2) is 0 Å². The zero-order valence-electron chi connectivity index (χ0n) is 9.98. The zero-order chi connectivity index (χ0) is 11.6. The van der Waals surface area contributed by atoms with Crippen molar-refractivity contribution in [2.24, 2.45) is 5.41 Å². The summed E-state index contributed by atoms with van der Waals surface area (Å²) in [5, 5.41) is 21.4. The highest BCUT2D eigenvalue weighted by Crippen LogP contribution is 2.57. The van der Waals surface area contributed by atoms with Gasteiger partial charge in [-0.3, -0.25) is 0 Å². The van der Waals surface area contributed by atoms with Gasteiger partial charge in [-0.25, -0.2) is 0 Å². The average Bonchev–Trinajstić information content (AvgIpc) is 2.19. The minimum Gasteiger partial charge on any atom is -0.394 e. The van der Waals surface area contributed by atoms with Crippen molar-refractivity contribution in [3.63, 3.8) is 0 Å². The van der Waals surface area contributed by atoms with Crippen molar-refractivity contribution in [1.82, 2.24) is 5.32 Å². The molecule has 0 aliphatic heterocycles. The molecule has 0 radical (unpaired) electrons. The maximum Gasteiger partial charge on any atom is 0.0895 e. The molecule has 0 aromatic rings. The van der Waals surface area contributed by atoms with Crippen LogP contribution in [0.1, 0.15) is 32.6 Å². The van der Waals surface area contributed by atoms with Crippen molar-refractivity contribution in [3.8, 4) is 0 Å². The molecule has 3 unspecified atom stereocenters. The molecule has 2 aliphatic carbocycles. The molecule has 0 heterocycles. The van der Waals surface area contributed by atoms with Crippen LogP contribution in [-0.2, 0) is 4.74 Å². The lowest BCUT2D eigenvalue weighted by atomic mass is 9.51. The first-order valence-corrected chi connectivity index (χ1v) is 6.37. The average molecular weight is 229 g/mol. The summed E-state index contributed by atoms with van der Waals surface area (Å²) in [6.45, 7) is 3.16. The third kappa shape index (κ3) is 1.99. The van der Waals surface area contributed by atoms with E-state index in [9.17, 15) is 5.11 Å². The fraction of sp³-hybridized carbons (Fsp3) is 1.00. The topological polar surface area (TPSA) is 61.7 Å². The fourth-order valence-corrected chi connectivity index (χ4v) is 3.07. The Labute approximate surface area is 97.0 Å². The standard InChI is InChI=1S/C12H23NO3/c1-2-16-11-6-10(12(11)4-3-5-12)13-7-9(15)8-14/h9-11,13-15H,2-8H2,1H3. The van der Waals surface area contributed by atoms with Crippen LogP contribution in [0.25, 0.3) is 0 Å². The van der Waals surface area contributed by atoms with Crippen molar-refractivity contribution < 1.29 is 14.9 Å². The molecule has 1 spiro atoms. The predicted octanol–water partition coefficient (Wildman–Crippen LogP) is 0.277. The maximum absolute atomic E-state index is 9.31. The van der Waals surface area contributed by atoms with E-state index >= 15 is 0 Å². The van der Waals surface area contributed by atoms with Crippen molar-refractivity contribution in [2.45, 2.75) is 50.9 Å². The van der Waals surface area contributed by atoms with Crippen LogP contribution >= 0.6 is 0 Å². The lowest BCUT2D eigenvalue weighted by Gasteiger charge is -2.61. The molecule has 2 aliphatic rings. The highest BCUT2D eigenvalue weighted by molar-refractivity contribution is 5.12. The molecule has 3 N–H and O–H groups in total. The number of aliphatic hydroxyl groups excluding tert-OH is 2. The third-order valence-corrected chi connectivity index (χ3v) is 4.25. The number of hydrogen-bond donors (Lipinski definition) is 3. The van der Waals surface area contributed by atoms with E-state index in [0.29, 0.717) is 24.1 Å². The van der Waals surface area contributed by atoms with Crippen LogP contribution in [0.2, 0.25) is 0 Å². The van der Waals surface area contributed by atoms with Gasteiger partial charge in [-0.05, 0) is 26.2 Å². The summed E-state index contributed by atoms with van der Waals surface area (Å²) >= 11 is 0. The Hall–Kier alpha value is -0.160. The first kappa shape index (κ1) is 12.3. The Balaban J connectivity index is 1.79. The van der Waals surface area contributed by atoms with Crippen molar-refractivity contribution >= 4 is 0 Å². The summed E-state index contributed by atoms with van der Waals surface area (Å²) in [7, 11) is 0. The summed E-state index contributed by atoms with van der Waals surface area (Å²) in [5.41, 5.74) is 0.338. The van der Waals surface area contributed by atoms with E-state index < -0.39 is 6.10 Å². The van der Waals surface area contributed by atoms with E-state index in [0.717, 1.165) is 13.0 Å². The van der Waals surface area contributed by atoms with E-state index in [-0.39, 0.29) is 6.61 Å². The highest BCUT2D eigenvalue weighted by Gasteiger charge is 2.58. The largest absolute Gasteiger partial charge is 0.394 e. The van der Waals surface area contributed by atoms with Gasteiger partial charge in [0.05, 0.1) is 18.8 Å². The molecular weight excluding hydrogens is 206 g/mol. The molecule has 3 atom stereocenters. The van der Waals surface area contributed by atoms with Crippen LogP contribution in [0.5, 0.6) is 0 Å². The van der Waals surface area contributed by atoms with Gasteiger partial charge in [-0.2, -0.15) is 0 Å². The Morgan fingerprint density at radius 2 is 2.25 bits per heavy atom. The molecule has 2 saturated carbocycles. The van der Waals surface area contributed by atoms with Gasteiger partial charge in [0.2, 0.25) is 0 Å². The molecule has 2 fully saturated rings. The quantitative estimate of drug-likeness (QED) is 0.612. The first-order chi connectivity index (χ1) is 7.73. The van der Waals surface area contributed by atoms with E-state index in [1.807, 2.05) is 6.92 Å². The number of rotatable bonds is 6. The van der Waals surface area contributed by atoms with Crippen LogP contribution in [0.4, 0.5) is 0 Å². The molecule has 94 valence electrons. The predicted molar refractivity (Wildman–Crippen MR) is 61.2 cm³/mol. The molecule has 0 amide bonds. The Morgan fingerprint density at radius 3 is 2.75 bits per heavy atom. The molecule has 4 heteroatoms. The second kappa shape index (κ2) is 5.00. The number of ether oxygens (including phenoxy) is 1. The van der Waals surface area contributed by atoms with Gasteiger partial charge in [-0.1, -0.05) is 6.42 Å². The summed E-state index contributed by atoms with van der Waals surface area (Å²) in [4.78, 5) is 0. The molecule has 4 nitrogen and oxygen atoms in total. The number of hydrogen-bond acceptors (Lipinski definition) is 4. The molecule has 0 bridgehead atoms. The van der Waals surface area contributed by atoms with Crippen molar-refractivity contribution in [2.75, 3.05) is 19.8 Å². The lowest BCUT2D eigenvalue weighted by Crippen LogP contribution is -2.67. The Kier molecular flexibility index (Phi) is 3.85. The fourth-order valence-electron chi connectivity index (χ4n) is 3.07. The van der Waals surface area contributed by atoms with E-state index in [1.165, 1.54) is 19.3 Å². The zero-order valence-corrected chi connectivity index (χ0v) is 9.98. The van der Waals surface area contributed by atoms with Crippen LogP contribution in [0.15, 0.2) is 0 Å². The van der Waals surface area contributed by atoms with Gasteiger partial charge < -0.3 is 20.3 Å². The van der Waals surface area contributed by atoms with Gasteiger partial charge in [0.25, 0.3) is 0 Å². The van der Waals surface area contributed by atoms with E-state index in [2.05, 4.69) is 5.32 Å². The lowest BCUT2D eigenvalue weighted by molar-refractivity contribution is -0.173.